The molecule has 0 heterocycles. The van der Waals surface area contributed by atoms with E-state index in [-0.39, 0.29) is 30.3 Å². The monoisotopic (exact) mass is 348 g/mol. The quantitative estimate of drug-likeness (QED) is 0.272. The number of phenolic OH excluding ortho intramolecular Hbond substituents is 2. The van der Waals surface area contributed by atoms with Crippen molar-refractivity contribution in [3.63, 3.8) is 0 Å². The van der Waals surface area contributed by atoms with Gasteiger partial charge in [0.2, 0.25) is 0 Å². The SMILES string of the molecule is C.NC(=O)N(N)c1ccc(-c2ccc(N(N)C(N)=O)c(O)c2)cc1O. The molecule has 0 unspecified atom stereocenters. The van der Waals surface area contributed by atoms with E-state index < -0.39 is 12.1 Å². The lowest BCUT2D eigenvalue weighted by Gasteiger charge is -2.17. The number of primary amides is 2. The first-order chi connectivity index (χ1) is 11.2. The van der Waals surface area contributed by atoms with Crippen LogP contribution in [0.15, 0.2) is 36.4 Å². The molecule has 0 aliphatic rings. The van der Waals surface area contributed by atoms with Crippen molar-refractivity contribution in [2.24, 2.45) is 23.2 Å². The van der Waals surface area contributed by atoms with Gasteiger partial charge in [0.15, 0.2) is 0 Å². The Hall–Kier alpha value is -3.50. The van der Waals surface area contributed by atoms with Crippen LogP contribution in [-0.2, 0) is 0 Å². The predicted octanol–water partition coefficient (Wildman–Crippen LogP) is 0.918. The minimum Gasteiger partial charge on any atom is -0.506 e. The lowest BCUT2D eigenvalue weighted by atomic mass is 10.0. The topological polar surface area (TPSA) is 185 Å². The number of carbonyl (C=O) groups is 2. The first-order valence-corrected chi connectivity index (χ1v) is 6.57. The summed E-state index contributed by atoms with van der Waals surface area (Å²) in [6.45, 7) is 0. The molecule has 25 heavy (non-hydrogen) atoms. The summed E-state index contributed by atoms with van der Waals surface area (Å²) >= 11 is 0. The number of nitrogens with two attached hydrogens (primary N) is 4. The number of amides is 4. The Balaban J connectivity index is 0.00000312. The number of urea groups is 2. The molecule has 0 aromatic heterocycles. The molecule has 0 spiro atoms. The average Bonchev–Trinajstić information content (AvgIpc) is 2.53. The van der Waals surface area contributed by atoms with Gasteiger partial charge in [-0.25, -0.2) is 31.3 Å². The first-order valence-electron chi connectivity index (χ1n) is 6.57. The van der Waals surface area contributed by atoms with Crippen molar-refractivity contribution in [3.05, 3.63) is 36.4 Å². The van der Waals surface area contributed by atoms with E-state index in [0.717, 1.165) is 0 Å². The minimum absolute atomic E-state index is 0. The van der Waals surface area contributed by atoms with Crippen molar-refractivity contribution in [2.75, 3.05) is 10.0 Å². The van der Waals surface area contributed by atoms with E-state index in [4.69, 9.17) is 23.2 Å². The van der Waals surface area contributed by atoms with Crippen molar-refractivity contribution in [2.45, 2.75) is 7.43 Å². The number of hydrogen-bond acceptors (Lipinski definition) is 6. The van der Waals surface area contributed by atoms with Crippen LogP contribution >= 0.6 is 0 Å². The van der Waals surface area contributed by atoms with E-state index in [1.165, 1.54) is 24.3 Å². The molecule has 0 aliphatic heterocycles. The summed E-state index contributed by atoms with van der Waals surface area (Å²) in [5, 5.41) is 21.1. The van der Waals surface area contributed by atoms with Crippen LogP contribution < -0.4 is 33.2 Å². The molecule has 0 fully saturated rings. The Morgan fingerprint density at radius 3 is 1.32 bits per heavy atom. The van der Waals surface area contributed by atoms with Crippen molar-refractivity contribution in [3.8, 4) is 22.6 Å². The van der Waals surface area contributed by atoms with Gasteiger partial charge in [0, 0.05) is 0 Å². The Morgan fingerprint density at radius 1 is 0.760 bits per heavy atom. The van der Waals surface area contributed by atoms with Gasteiger partial charge in [-0.15, -0.1) is 0 Å². The molecule has 4 amide bonds. The van der Waals surface area contributed by atoms with Crippen molar-refractivity contribution in [1.82, 2.24) is 0 Å². The number of carbonyl (C=O) groups excluding carboxylic acids is 2. The molecule has 10 nitrogen and oxygen atoms in total. The number of anilines is 2. The highest BCUT2D eigenvalue weighted by molar-refractivity contribution is 5.93. The van der Waals surface area contributed by atoms with Gasteiger partial charge in [-0.05, 0) is 35.4 Å². The third kappa shape index (κ3) is 3.88. The maximum Gasteiger partial charge on any atom is 0.333 e. The molecular formula is C15H20N6O4. The van der Waals surface area contributed by atoms with Gasteiger partial charge in [0.05, 0.1) is 0 Å². The number of hydrogen-bond donors (Lipinski definition) is 6. The zero-order valence-corrected chi connectivity index (χ0v) is 12.4. The van der Waals surface area contributed by atoms with Crippen LogP contribution in [0.1, 0.15) is 7.43 Å². The molecule has 0 saturated carbocycles. The summed E-state index contributed by atoms with van der Waals surface area (Å²) in [6, 6.07) is 6.69. The Morgan fingerprint density at radius 2 is 1.08 bits per heavy atom. The molecule has 10 heteroatoms. The van der Waals surface area contributed by atoms with Gasteiger partial charge in [-0.1, -0.05) is 19.6 Å². The molecular weight excluding hydrogens is 328 g/mol. The number of rotatable bonds is 3. The normalized spacial score (nSPS) is 9.84. The number of aromatic hydroxyl groups is 2. The summed E-state index contributed by atoms with van der Waals surface area (Å²) in [7, 11) is 0. The molecule has 0 bridgehead atoms. The molecule has 2 rings (SSSR count). The molecule has 0 radical (unpaired) electrons. The van der Waals surface area contributed by atoms with E-state index in [1.54, 1.807) is 12.1 Å². The minimum atomic E-state index is -0.936. The summed E-state index contributed by atoms with van der Waals surface area (Å²) in [5.74, 6) is 10.3. The largest absolute Gasteiger partial charge is 0.506 e. The summed E-state index contributed by atoms with van der Waals surface area (Å²) in [6.07, 6.45) is 0. The van der Waals surface area contributed by atoms with Gasteiger partial charge in [0.25, 0.3) is 0 Å². The standard InChI is InChI=1S/C14H16N6O4.CH4/c15-13(23)19(17)9-3-1-7(5-11(9)21)8-2-4-10(12(22)6-8)20(18)14(16)24;/h1-6,21-22H,17-18H2,(H2,15,23)(H2,16,24);1H4. The molecule has 0 atom stereocenters. The zero-order valence-electron chi connectivity index (χ0n) is 12.4. The van der Waals surface area contributed by atoms with Crippen LogP contribution in [0.2, 0.25) is 0 Å². The van der Waals surface area contributed by atoms with E-state index in [9.17, 15) is 19.8 Å². The highest BCUT2D eigenvalue weighted by Crippen LogP contribution is 2.35. The van der Waals surface area contributed by atoms with Crippen LogP contribution in [-0.4, -0.2) is 22.3 Å². The van der Waals surface area contributed by atoms with Gasteiger partial charge in [-0.3, -0.25) is 0 Å². The number of benzene rings is 2. The summed E-state index contributed by atoms with van der Waals surface area (Å²) < 4.78 is 0. The van der Waals surface area contributed by atoms with Crippen molar-refractivity contribution < 1.29 is 19.8 Å². The fraction of sp³-hybridized carbons (Fsp3) is 0.0667. The molecule has 2 aromatic rings. The third-order valence-corrected chi connectivity index (χ3v) is 3.28. The smallest absolute Gasteiger partial charge is 0.333 e. The highest BCUT2D eigenvalue weighted by Gasteiger charge is 2.15. The fourth-order valence-corrected chi connectivity index (χ4v) is 2.05. The van der Waals surface area contributed by atoms with Gasteiger partial charge >= 0.3 is 12.1 Å². The van der Waals surface area contributed by atoms with Crippen LogP contribution in [0.4, 0.5) is 21.0 Å². The van der Waals surface area contributed by atoms with Gasteiger partial charge in [-0.2, -0.15) is 0 Å². The zero-order chi connectivity index (χ0) is 18.0. The predicted molar refractivity (Wildman–Crippen MR) is 94.4 cm³/mol. The average molecular weight is 348 g/mol. The van der Waals surface area contributed by atoms with Crippen LogP contribution in [0, 0.1) is 0 Å². The van der Waals surface area contributed by atoms with Crippen LogP contribution in [0.5, 0.6) is 11.5 Å². The lowest BCUT2D eigenvalue weighted by molar-refractivity contribution is 0.253. The number of phenols is 2. The second kappa shape index (κ2) is 7.38. The van der Waals surface area contributed by atoms with Crippen molar-refractivity contribution in [1.29, 1.82) is 0 Å². The van der Waals surface area contributed by atoms with Crippen LogP contribution in [0.3, 0.4) is 0 Å². The van der Waals surface area contributed by atoms with E-state index in [2.05, 4.69) is 0 Å². The lowest BCUT2D eigenvalue weighted by Crippen LogP contribution is -2.41. The maximum atomic E-state index is 11.0. The summed E-state index contributed by atoms with van der Waals surface area (Å²) in [5.41, 5.74) is 11.1. The fourth-order valence-electron chi connectivity index (χ4n) is 2.05. The highest BCUT2D eigenvalue weighted by atomic mass is 16.3. The maximum absolute atomic E-state index is 11.0. The molecule has 0 aliphatic carbocycles. The van der Waals surface area contributed by atoms with Crippen molar-refractivity contribution >= 4 is 23.4 Å². The van der Waals surface area contributed by atoms with Crippen LogP contribution in [0.25, 0.3) is 11.1 Å². The van der Waals surface area contributed by atoms with E-state index >= 15 is 0 Å². The Labute approximate surface area is 143 Å². The van der Waals surface area contributed by atoms with Gasteiger partial charge in [0.1, 0.15) is 22.9 Å². The third-order valence-electron chi connectivity index (χ3n) is 3.28. The first kappa shape index (κ1) is 19.5. The number of hydrazine groups is 2. The van der Waals surface area contributed by atoms with Gasteiger partial charge < -0.3 is 21.7 Å². The second-order valence-electron chi connectivity index (χ2n) is 4.82. The molecule has 0 saturated heterocycles. The number of nitrogens with zero attached hydrogens (tertiary/aromatic N) is 2. The molecule has 2 aromatic carbocycles. The van der Waals surface area contributed by atoms with E-state index in [0.29, 0.717) is 21.1 Å². The van der Waals surface area contributed by atoms with E-state index in [1.807, 2.05) is 0 Å². The summed E-state index contributed by atoms with van der Waals surface area (Å²) in [4.78, 5) is 22.1. The molecule has 10 N–H and O–H groups in total. The Bertz CT molecular complexity index is 743. The Kier molecular flexibility index (Phi) is 5.77. The molecule has 134 valence electrons. The second-order valence-corrected chi connectivity index (χ2v) is 4.82.